The third-order valence-corrected chi connectivity index (χ3v) is 4.18. The maximum Gasteiger partial charge on any atom is 0.128 e. The summed E-state index contributed by atoms with van der Waals surface area (Å²) in [6.45, 7) is 5.66. The molecule has 4 heteroatoms. The molecule has 0 aromatic heterocycles. The van der Waals surface area contributed by atoms with Crippen LogP contribution in [0.15, 0.2) is 47.5 Å². The van der Waals surface area contributed by atoms with Crippen molar-refractivity contribution in [2.24, 2.45) is 4.99 Å². The zero-order valence-electron chi connectivity index (χ0n) is 16.5. The average molecular weight is 370 g/mol. The molecular formula is C23H31NO3. The van der Waals surface area contributed by atoms with E-state index in [9.17, 15) is 5.11 Å². The van der Waals surface area contributed by atoms with Gasteiger partial charge in [0.05, 0.1) is 18.9 Å². The zero-order chi connectivity index (χ0) is 19.3. The predicted molar refractivity (Wildman–Crippen MR) is 112 cm³/mol. The SMILES string of the molecule is CCCCCCCOc1ccc(N=Cc2ccc(OCCC)cc2O)cc1. The molecule has 146 valence electrons. The molecule has 0 aliphatic carbocycles. The lowest BCUT2D eigenvalue weighted by Gasteiger charge is -2.07. The summed E-state index contributed by atoms with van der Waals surface area (Å²) in [7, 11) is 0. The van der Waals surface area contributed by atoms with Crippen molar-refractivity contribution in [1.82, 2.24) is 0 Å². The van der Waals surface area contributed by atoms with Gasteiger partial charge in [-0.05, 0) is 49.2 Å². The van der Waals surface area contributed by atoms with Gasteiger partial charge in [0.25, 0.3) is 0 Å². The van der Waals surface area contributed by atoms with E-state index in [1.54, 1.807) is 18.3 Å². The van der Waals surface area contributed by atoms with Gasteiger partial charge in [-0.15, -0.1) is 0 Å². The standard InChI is InChI=1S/C23H31NO3/c1-3-5-6-7-8-16-27-21-13-10-20(11-14-21)24-18-19-9-12-22(17-23(19)25)26-15-4-2/h9-14,17-18,25H,3-8,15-16H2,1-2H3. The van der Waals surface area contributed by atoms with E-state index >= 15 is 0 Å². The fourth-order valence-electron chi connectivity index (χ4n) is 2.61. The van der Waals surface area contributed by atoms with Crippen LogP contribution >= 0.6 is 0 Å². The lowest BCUT2D eigenvalue weighted by molar-refractivity contribution is 0.304. The van der Waals surface area contributed by atoms with E-state index in [2.05, 4.69) is 11.9 Å². The topological polar surface area (TPSA) is 51.0 Å². The molecule has 0 amide bonds. The average Bonchev–Trinajstić information content (AvgIpc) is 2.69. The van der Waals surface area contributed by atoms with Crippen molar-refractivity contribution in [1.29, 1.82) is 0 Å². The van der Waals surface area contributed by atoms with Gasteiger partial charge in [0.2, 0.25) is 0 Å². The number of benzene rings is 2. The van der Waals surface area contributed by atoms with E-state index in [1.807, 2.05) is 37.3 Å². The van der Waals surface area contributed by atoms with E-state index < -0.39 is 0 Å². The summed E-state index contributed by atoms with van der Waals surface area (Å²) < 4.78 is 11.3. The summed E-state index contributed by atoms with van der Waals surface area (Å²) in [5, 5.41) is 10.1. The van der Waals surface area contributed by atoms with Crippen molar-refractivity contribution in [2.75, 3.05) is 13.2 Å². The lowest BCUT2D eigenvalue weighted by atomic mass is 10.2. The Morgan fingerprint density at radius 2 is 1.52 bits per heavy atom. The van der Waals surface area contributed by atoms with Crippen molar-refractivity contribution in [3.05, 3.63) is 48.0 Å². The molecule has 2 aromatic carbocycles. The van der Waals surface area contributed by atoms with Gasteiger partial charge in [0.1, 0.15) is 17.2 Å². The van der Waals surface area contributed by atoms with Crippen LogP contribution < -0.4 is 9.47 Å². The number of rotatable bonds is 12. The molecule has 0 bridgehead atoms. The van der Waals surface area contributed by atoms with Gasteiger partial charge in [0, 0.05) is 17.8 Å². The number of aliphatic imine (C=N–C) groups is 1. The number of ether oxygens (including phenoxy) is 2. The molecule has 0 fully saturated rings. The Hall–Kier alpha value is -2.49. The fourth-order valence-corrected chi connectivity index (χ4v) is 2.61. The minimum Gasteiger partial charge on any atom is -0.507 e. The van der Waals surface area contributed by atoms with Crippen LogP contribution in [0.3, 0.4) is 0 Å². The van der Waals surface area contributed by atoms with Crippen molar-refractivity contribution in [3.63, 3.8) is 0 Å². The molecule has 0 aliphatic rings. The monoisotopic (exact) mass is 369 g/mol. The number of phenolic OH excluding ortho intramolecular Hbond substituents is 1. The molecule has 0 saturated heterocycles. The third kappa shape index (κ3) is 7.73. The quantitative estimate of drug-likeness (QED) is 0.354. The van der Waals surface area contributed by atoms with Crippen LogP contribution in [0.5, 0.6) is 17.2 Å². The zero-order valence-corrected chi connectivity index (χ0v) is 16.5. The summed E-state index contributed by atoms with van der Waals surface area (Å²) >= 11 is 0. The van der Waals surface area contributed by atoms with Crippen LogP contribution in [0.1, 0.15) is 57.9 Å². The minimum atomic E-state index is 0.162. The van der Waals surface area contributed by atoms with Gasteiger partial charge in [0.15, 0.2) is 0 Å². The summed E-state index contributed by atoms with van der Waals surface area (Å²) in [4.78, 5) is 4.42. The third-order valence-electron chi connectivity index (χ3n) is 4.18. The molecule has 0 atom stereocenters. The molecule has 27 heavy (non-hydrogen) atoms. The second kappa shape index (κ2) is 12.0. The van der Waals surface area contributed by atoms with E-state index in [1.165, 1.54) is 25.7 Å². The second-order valence-corrected chi connectivity index (χ2v) is 6.58. The molecule has 0 saturated carbocycles. The van der Waals surface area contributed by atoms with Crippen molar-refractivity contribution in [3.8, 4) is 17.2 Å². The Balaban J connectivity index is 1.83. The Morgan fingerprint density at radius 1 is 0.815 bits per heavy atom. The molecule has 4 nitrogen and oxygen atoms in total. The molecule has 2 rings (SSSR count). The predicted octanol–water partition coefficient (Wildman–Crippen LogP) is 6.28. The van der Waals surface area contributed by atoms with Crippen LogP contribution in [-0.4, -0.2) is 24.5 Å². The highest BCUT2D eigenvalue weighted by Gasteiger charge is 2.02. The Kier molecular flexibility index (Phi) is 9.25. The first-order valence-electron chi connectivity index (χ1n) is 9.95. The Morgan fingerprint density at radius 3 is 2.22 bits per heavy atom. The van der Waals surface area contributed by atoms with Gasteiger partial charge < -0.3 is 14.6 Å². The number of aromatic hydroxyl groups is 1. The van der Waals surface area contributed by atoms with Crippen LogP contribution in [0.4, 0.5) is 5.69 Å². The Bertz CT molecular complexity index is 695. The molecule has 0 unspecified atom stereocenters. The lowest BCUT2D eigenvalue weighted by Crippen LogP contribution is -1.96. The summed E-state index contributed by atoms with van der Waals surface area (Å²) in [6.07, 6.45) is 8.75. The Labute approximate surface area is 162 Å². The minimum absolute atomic E-state index is 0.162. The highest BCUT2D eigenvalue weighted by molar-refractivity contribution is 5.85. The first-order valence-corrected chi connectivity index (χ1v) is 9.95. The number of hydrogen-bond donors (Lipinski definition) is 1. The van der Waals surface area contributed by atoms with E-state index in [4.69, 9.17) is 9.47 Å². The van der Waals surface area contributed by atoms with Crippen molar-refractivity contribution in [2.45, 2.75) is 52.4 Å². The molecule has 1 N–H and O–H groups in total. The van der Waals surface area contributed by atoms with Gasteiger partial charge in [-0.1, -0.05) is 39.5 Å². The number of nitrogens with zero attached hydrogens (tertiary/aromatic N) is 1. The molecule has 0 radical (unpaired) electrons. The summed E-state index contributed by atoms with van der Waals surface area (Å²) in [5.74, 6) is 1.70. The van der Waals surface area contributed by atoms with Gasteiger partial charge >= 0.3 is 0 Å². The molecule has 0 spiro atoms. The van der Waals surface area contributed by atoms with Crippen LogP contribution in [0, 0.1) is 0 Å². The van der Waals surface area contributed by atoms with Crippen LogP contribution in [0.2, 0.25) is 0 Å². The van der Waals surface area contributed by atoms with Crippen LogP contribution in [-0.2, 0) is 0 Å². The van der Waals surface area contributed by atoms with Gasteiger partial charge in [-0.25, -0.2) is 0 Å². The van der Waals surface area contributed by atoms with E-state index in [-0.39, 0.29) is 5.75 Å². The normalized spacial score (nSPS) is 11.0. The highest BCUT2D eigenvalue weighted by Crippen LogP contribution is 2.24. The molecular weight excluding hydrogens is 338 g/mol. The number of hydrogen-bond acceptors (Lipinski definition) is 4. The largest absolute Gasteiger partial charge is 0.507 e. The second-order valence-electron chi connectivity index (χ2n) is 6.58. The molecule has 0 aliphatic heterocycles. The molecule has 0 heterocycles. The van der Waals surface area contributed by atoms with Crippen LogP contribution in [0.25, 0.3) is 0 Å². The van der Waals surface area contributed by atoms with Gasteiger partial charge in [-0.3, -0.25) is 4.99 Å². The number of unbranched alkanes of at least 4 members (excludes halogenated alkanes) is 4. The summed E-state index contributed by atoms with van der Waals surface area (Å²) in [5.41, 5.74) is 1.47. The smallest absolute Gasteiger partial charge is 0.128 e. The number of phenols is 1. The first-order chi connectivity index (χ1) is 13.2. The summed E-state index contributed by atoms with van der Waals surface area (Å²) in [6, 6.07) is 13.0. The maximum atomic E-state index is 10.1. The first kappa shape index (κ1) is 20.8. The molecule has 2 aromatic rings. The van der Waals surface area contributed by atoms with Crippen molar-refractivity contribution < 1.29 is 14.6 Å². The maximum absolute atomic E-state index is 10.1. The van der Waals surface area contributed by atoms with E-state index in [0.717, 1.165) is 30.9 Å². The van der Waals surface area contributed by atoms with Crippen molar-refractivity contribution >= 4 is 11.9 Å². The van der Waals surface area contributed by atoms with Gasteiger partial charge in [-0.2, -0.15) is 0 Å². The fraction of sp³-hybridized carbons (Fsp3) is 0.435. The van der Waals surface area contributed by atoms with E-state index in [0.29, 0.717) is 17.9 Å². The highest BCUT2D eigenvalue weighted by atomic mass is 16.5.